The Morgan fingerprint density at radius 1 is 1.18 bits per heavy atom. The molecule has 8 nitrogen and oxygen atoms in total. The van der Waals surface area contributed by atoms with Crippen LogP contribution in [0.1, 0.15) is 12.0 Å². The molecule has 0 bridgehead atoms. The Labute approximate surface area is 160 Å². The molecule has 0 saturated carbocycles. The number of nitrogens with zero attached hydrogens (tertiary/aromatic N) is 5. The summed E-state index contributed by atoms with van der Waals surface area (Å²) in [6.45, 7) is 0.366. The summed E-state index contributed by atoms with van der Waals surface area (Å²) < 4.78 is 15.4. The van der Waals surface area contributed by atoms with Crippen molar-refractivity contribution in [2.45, 2.75) is 18.9 Å². The molecular weight excluding hydrogens is 363 g/mol. The minimum atomic E-state index is -0.646. The Kier molecular flexibility index (Phi) is 4.79. The van der Waals surface area contributed by atoms with Gasteiger partial charge in [-0.2, -0.15) is 0 Å². The zero-order chi connectivity index (χ0) is 19.5. The van der Waals surface area contributed by atoms with Crippen LogP contribution in [-0.2, 0) is 16.0 Å². The molecule has 1 atom stereocenters. The third-order valence-corrected chi connectivity index (χ3v) is 4.60. The second kappa shape index (κ2) is 7.55. The van der Waals surface area contributed by atoms with E-state index in [-0.39, 0.29) is 23.9 Å². The van der Waals surface area contributed by atoms with Crippen molar-refractivity contribution in [3.63, 3.8) is 0 Å². The normalized spacial score (nSPS) is 16.4. The van der Waals surface area contributed by atoms with Crippen molar-refractivity contribution in [2.75, 3.05) is 11.4 Å². The van der Waals surface area contributed by atoms with Gasteiger partial charge in [-0.25, -0.2) is 9.07 Å². The Balaban J connectivity index is 1.36. The summed E-state index contributed by atoms with van der Waals surface area (Å²) in [6.07, 6.45) is 2.06. The number of rotatable bonds is 5. The molecule has 0 spiro atoms. The summed E-state index contributed by atoms with van der Waals surface area (Å²) in [4.78, 5) is 26.3. The van der Waals surface area contributed by atoms with Crippen molar-refractivity contribution in [1.29, 1.82) is 0 Å². The molecule has 28 heavy (non-hydrogen) atoms. The number of tetrazole rings is 1. The quantitative estimate of drug-likeness (QED) is 0.720. The van der Waals surface area contributed by atoms with Gasteiger partial charge in [0.25, 0.3) is 0 Å². The highest BCUT2D eigenvalue weighted by molar-refractivity contribution is 6.01. The standard InChI is InChI=1S/C19H17FN6O2/c20-15-3-1-2-4-17(15)25-10-9-16(19(25)28)22-18(27)11-13-5-7-14(8-6-13)26-12-21-23-24-26/h1-8,12,16H,9-11H2,(H,22,27). The average molecular weight is 380 g/mol. The maximum atomic E-state index is 13.9. The number of anilines is 1. The summed E-state index contributed by atoms with van der Waals surface area (Å²) in [5.41, 5.74) is 1.81. The Morgan fingerprint density at radius 3 is 2.68 bits per heavy atom. The van der Waals surface area contributed by atoms with E-state index in [0.29, 0.717) is 13.0 Å². The summed E-state index contributed by atoms with van der Waals surface area (Å²) >= 11 is 0. The number of halogens is 1. The van der Waals surface area contributed by atoms with Gasteiger partial charge in [0.15, 0.2) is 0 Å². The van der Waals surface area contributed by atoms with Gasteiger partial charge in [-0.3, -0.25) is 9.59 Å². The highest BCUT2D eigenvalue weighted by Gasteiger charge is 2.34. The lowest BCUT2D eigenvalue weighted by Crippen LogP contribution is -2.42. The number of benzene rings is 2. The molecule has 3 aromatic rings. The SMILES string of the molecule is O=C(Cc1ccc(-n2cnnn2)cc1)NC1CCN(c2ccccc2F)C1=O. The van der Waals surface area contributed by atoms with Crippen LogP contribution >= 0.6 is 0 Å². The number of amides is 2. The maximum absolute atomic E-state index is 13.9. The van der Waals surface area contributed by atoms with E-state index >= 15 is 0 Å². The third kappa shape index (κ3) is 3.59. The summed E-state index contributed by atoms with van der Waals surface area (Å²) in [7, 11) is 0. The van der Waals surface area contributed by atoms with E-state index in [1.165, 1.54) is 22.0 Å². The highest BCUT2D eigenvalue weighted by atomic mass is 19.1. The summed E-state index contributed by atoms with van der Waals surface area (Å²) in [5, 5.41) is 13.7. The minimum absolute atomic E-state index is 0.138. The lowest BCUT2D eigenvalue weighted by atomic mass is 10.1. The molecule has 1 N–H and O–H groups in total. The molecule has 2 aromatic carbocycles. The molecule has 1 saturated heterocycles. The number of para-hydroxylation sites is 1. The van der Waals surface area contributed by atoms with Crippen molar-refractivity contribution in [3.8, 4) is 5.69 Å². The highest BCUT2D eigenvalue weighted by Crippen LogP contribution is 2.24. The molecule has 1 fully saturated rings. The predicted molar refractivity (Wildman–Crippen MR) is 98.2 cm³/mol. The first-order chi connectivity index (χ1) is 13.6. The first-order valence-electron chi connectivity index (χ1n) is 8.79. The van der Waals surface area contributed by atoms with Gasteiger partial charge in [0.1, 0.15) is 18.2 Å². The van der Waals surface area contributed by atoms with Crippen molar-refractivity contribution in [1.82, 2.24) is 25.5 Å². The largest absolute Gasteiger partial charge is 0.344 e. The molecule has 142 valence electrons. The van der Waals surface area contributed by atoms with Crippen molar-refractivity contribution in [2.24, 2.45) is 0 Å². The Morgan fingerprint density at radius 2 is 1.96 bits per heavy atom. The smallest absolute Gasteiger partial charge is 0.249 e. The fourth-order valence-corrected chi connectivity index (χ4v) is 3.20. The fourth-order valence-electron chi connectivity index (χ4n) is 3.20. The summed E-state index contributed by atoms with van der Waals surface area (Å²) in [5.74, 6) is -1.01. The van der Waals surface area contributed by atoms with Gasteiger partial charge in [-0.15, -0.1) is 5.10 Å². The van der Waals surface area contributed by atoms with Gasteiger partial charge in [0, 0.05) is 6.54 Å². The maximum Gasteiger partial charge on any atom is 0.249 e. The van der Waals surface area contributed by atoms with Crippen LogP contribution in [-0.4, -0.2) is 44.6 Å². The zero-order valence-corrected chi connectivity index (χ0v) is 14.8. The van der Waals surface area contributed by atoms with Crippen molar-refractivity contribution in [3.05, 3.63) is 66.2 Å². The number of carbonyl (C=O) groups is 2. The van der Waals surface area contributed by atoms with Gasteiger partial charge in [-0.1, -0.05) is 24.3 Å². The lowest BCUT2D eigenvalue weighted by Gasteiger charge is -2.17. The molecule has 1 aliphatic heterocycles. The monoisotopic (exact) mass is 380 g/mol. The molecule has 1 unspecified atom stereocenters. The minimum Gasteiger partial charge on any atom is -0.344 e. The van der Waals surface area contributed by atoms with Crippen LogP contribution in [0.3, 0.4) is 0 Å². The van der Waals surface area contributed by atoms with E-state index in [2.05, 4.69) is 20.8 Å². The van der Waals surface area contributed by atoms with Crippen LogP contribution in [0, 0.1) is 5.82 Å². The first-order valence-corrected chi connectivity index (χ1v) is 8.79. The zero-order valence-electron chi connectivity index (χ0n) is 14.8. The molecule has 4 rings (SSSR count). The second-order valence-corrected chi connectivity index (χ2v) is 6.45. The summed E-state index contributed by atoms with van der Waals surface area (Å²) in [6, 6.07) is 12.7. The van der Waals surface area contributed by atoms with Crippen LogP contribution in [0.2, 0.25) is 0 Å². The van der Waals surface area contributed by atoms with Gasteiger partial charge in [0.05, 0.1) is 17.8 Å². The number of carbonyl (C=O) groups excluding carboxylic acids is 2. The molecular formula is C19H17FN6O2. The number of nitrogens with one attached hydrogen (secondary N) is 1. The molecule has 0 aliphatic carbocycles. The van der Waals surface area contributed by atoms with Gasteiger partial charge in [0.2, 0.25) is 11.8 Å². The van der Waals surface area contributed by atoms with Gasteiger partial charge in [-0.05, 0) is 46.7 Å². The van der Waals surface area contributed by atoms with Crippen LogP contribution < -0.4 is 10.2 Å². The third-order valence-electron chi connectivity index (χ3n) is 4.60. The second-order valence-electron chi connectivity index (χ2n) is 6.45. The van der Waals surface area contributed by atoms with E-state index in [9.17, 15) is 14.0 Å². The molecule has 1 aromatic heterocycles. The molecule has 2 amide bonds. The predicted octanol–water partition coefficient (Wildman–Crippen LogP) is 1.27. The fraction of sp³-hybridized carbons (Fsp3) is 0.211. The molecule has 1 aliphatic rings. The van der Waals surface area contributed by atoms with E-state index < -0.39 is 11.9 Å². The number of hydrogen-bond donors (Lipinski definition) is 1. The average Bonchev–Trinajstić information content (AvgIpc) is 3.34. The van der Waals surface area contributed by atoms with Crippen LogP contribution in [0.5, 0.6) is 0 Å². The lowest BCUT2D eigenvalue weighted by molar-refractivity contribution is -0.126. The number of hydrogen-bond acceptors (Lipinski definition) is 5. The van der Waals surface area contributed by atoms with E-state index in [1.807, 2.05) is 0 Å². The number of aromatic nitrogens is 4. The molecule has 2 heterocycles. The Bertz CT molecular complexity index is 990. The van der Waals surface area contributed by atoms with Crippen LogP contribution in [0.4, 0.5) is 10.1 Å². The van der Waals surface area contributed by atoms with Gasteiger partial charge < -0.3 is 10.2 Å². The molecule has 0 radical (unpaired) electrons. The van der Waals surface area contributed by atoms with Crippen LogP contribution in [0.15, 0.2) is 54.9 Å². The molecule has 9 heteroatoms. The van der Waals surface area contributed by atoms with Crippen molar-refractivity contribution >= 4 is 17.5 Å². The first kappa shape index (κ1) is 17.8. The van der Waals surface area contributed by atoms with Gasteiger partial charge >= 0.3 is 0 Å². The Hall–Kier alpha value is -3.62. The van der Waals surface area contributed by atoms with Crippen LogP contribution in [0.25, 0.3) is 5.69 Å². The topological polar surface area (TPSA) is 93.0 Å². The van der Waals surface area contributed by atoms with E-state index in [4.69, 9.17) is 0 Å². The van der Waals surface area contributed by atoms with Crippen molar-refractivity contribution < 1.29 is 14.0 Å². The van der Waals surface area contributed by atoms with E-state index in [0.717, 1.165) is 11.3 Å². The van der Waals surface area contributed by atoms with E-state index in [1.54, 1.807) is 42.5 Å².